The Kier molecular flexibility index (Phi) is 6.79. The van der Waals surface area contributed by atoms with Gasteiger partial charge in [-0.05, 0) is 25.8 Å². The van der Waals surface area contributed by atoms with Gasteiger partial charge in [-0.15, -0.1) is 0 Å². The quantitative estimate of drug-likeness (QED) is 0.635. The number of ether oxygens (including phenoxy) is 2. The van der Waals surface area contributed by atoms with Crippen LogP contribution in [0, 0.1) is 0 Å². The van der Waals surface area contributed by atoms with E-state index in [9.17, 15) is 18.0 Å². The Labute approximate surface area is 153 Å². The molecule has 10 heteroatoms. The topological polar surface area (TPSA) is 107 Å². The number of sulfonamides is 1. The molecule has 26 heavy (non-hydrogen) atoms. The molecule has 1 atom stereocenters. The van der Waals surface area contributed by atoms with Gasteiger partial charge in [0.25, 0.3) is 0 Å². The van der Waals surface area contributed by atoms with Crippen LogP contribution in [0.1, 0.15) is 30.3 Å². The number of nitrogens with one attached hydrogen (secondary N) is 1. The van der Waals surface area contributed by atoms with Crippen LogP contribution in [0.5, 0.6) is 0 Å². The molecule has 0 saturated carbocycles. The van der Waals surface area contributed by atoms with Crippen molar-refractivity contribution < 1.29 is 27.5 Å². The van der Waals surface area contributed by atoms with E-state index in [0.717, 1.165) is 17.1 Å². The summed E-state index contributed by atoms with van der Waals surface area (Å²) < 4.78 is 37.9. The van der Waals surface area contributed by atoms with Crippen LogP contribution >= 0.6 is 0 Å². The molecule has 1 aliphatic heterocycles. The van der Waals surface area contributed by atoms with Gasteiger partial charge < -0.3 is 19.4 Å². The van der Waals surface area contributed by atoms with Crippen molar-refractivity contribution in [3.8, 4) is 0 Å². The van der Waals surface area contributed by atoms with Gasteiger partial charge in [-0.3, -0.25) is 4.79 Å². The summed E-state index contributed by atoms with van der Waals surface area (Å²) in [5.74, 6) is -1.01. The van der Waals surface area contributed by atoms with Crippen LogP contribution in [0.25, 0.3) is 0 Å². The summed E-state index contributed by atoms with van der Waals surface area (Å²) in [6.07, 6.45) is 3.16. The minimum atomic E-state index is -3.91. The van der Waals surface area contributed by atoms with Crippen molar-refractivity contribution in [2.24, 2.45) is 7.05 Å². The number of hydrogen-bond acceptors (Lipinski definition) is 6. The van der Waals surface area contributed by atoms with E-state index in [1.807, 2.05) is 0 Å². The fourth-order valence-electron chi connectivity index (χ4n) is 2.64. The molecule has 1 amide bonds. The number of aryl methyl sites for hydroxylation is 1. The third kappa shape index (κ3) is 4.83. The predicted molar refractivity (Wildman–Crippen MR) is 93.2 cm³/mol. The molecule has 146 valence electrons. The van der Waals surface area contributed by atoms with Gasteiger partial charge in [0.2, 0.25) is 15.9 Å². The van der Waals surface area contributed by atoms with Crippen LogP contribution in [-0.4, -0.2) is 68.6 Å². The van der Waals surface area contributed by atoms with Gasteiger partial charge in [-0.2, -0.15) is 4.31 Å². The highest BCUT2D eigenvalue weighted by Crippen LogP contribution is 2.18. The number of esters is 1. The second kappa shape index (κ2) is 8.65. The number of nitrogens with zero attached hydrogens (tertiary/aromatic N) is 2. The average molecular weight is 387 g/mol. The van der Waals surface area contributed by atoms with E-state index in [4.69, 9.17) is 9.47 Å². The number of rotatable bonds is 8. The molecule has 1 aliphatic rings. The van der Waals surface area contributed by atoms with Crippen LogP contribution in [0.15, 0.2) is 17.2 Å². The molecular weight excluding hydrogens is 362 g/mol. The Balaban J connectivity index is 2.00. The van der Waals surface area contributed by atoms with Crippen LogP contribution in [-0.2, 0) is 31.3 Å². The van der Waals surface area contributed by atoms with E-state index in [2.05, 4.69) is 5.32 Å². The van der Waals surface area contributed by atoms with E-state index < -0.39 is 21.9 Å². The number of hydrogen-bond donors (Lipinski definition) is 1. The van der Waals surface area contributed by atoms with E-state index in [1.165, 1.54) is 23.9 Å². The lowest BCUT2D eigenvalue weighted by atomic mass is 10.2. The molecule has 9 nitrogen and oxygen atoms in total. The van der Waals surface area contributed by atoms with Crippen LogP contribution in [0.2, 0.25) is 0 Å². The fraction of sp³-hybridized carbons (Fsp3) is 0.625. The van der Waals surface area contributed by atoms with E-state index in [1.54, 1.807) is 14.0 Å². The first-order valence-corrected chi connectivity index (χ1v) is 9.87. The number of carbonyl (C=O) groups is 2. The average Bonchev–Trinajstić information content (AvgIpc) is 3.22. The second-order valence-electron chi connectivity index (χ2n) is 6.09. The molecule has 1 saturated heterocycles. The largest absolute Gasteiger partial charge is 0.461 e. The van der Waals surface area contributed by atoms with Gasteiger partial charge in [0.1, 0.15) is 10.6 Å². The van der Waals surface area contributed by atoms with Gasteiger partial charge in [0.15, 0.2) is 0 Å². The Bertz CT molecular complexity index is 752. The molecule has 0 aliphatic carbocycles. The zero-order valence-corrected chi connectivity index (χ0v) is 16.0. The monoisotopic (exact) mass is 387 g/mol. The molecule has 1 aromatic rings. The first kappa shape index (κ1) is 20.4. The van der Waals surface area contributed by atoms with Crippen LogP contribution in [0.4, 0.5) is 0 Å². The predicted octanol–water partition coefficient (Wildman–Crippen LogP) is 0.118. The standard InChI is InChI=1S/C16H25N3O6S/c1-4-24-16(21)14-8-13(10-18(14)2)26(22,23)19(3)11-15(20)17-9-12-6-5-7-25-12/h8,10,12H,4-7,9,11H2,1-3H3,(H,17,20). The fourth-order valence-corrected chi connectivity index (χ4v) is 3.84. The lowest BCUT2D eigenvalue weighted by molar-refractivity contribution is -0.121. The maximum absolute atomic E-state index is 12.6. The van der Waals surface area contributed by atoms with E-state index in [-0.39, 0.29) is 29.8 Å². The van der Waals surface area contributed by atoms with E-state index >= 15 is 0 Å². The molecule has 2 heterocycles. The van der Waals surface area contributed by atoms with Gasteiger partial charge in [0.05, 0.1) is 19.3 Å². The summed E-state index contributed by atoms with van der Waals surface area (Å²) in [5.41, 5.74) is 0.127. The molecule has 1 aromatic heterocycles. The smallest absolute Gasteiger partial charge is 0.354 e. The van der Waals surface area contributed by atoms with Gasteiger partial charge >= 0.3 is 5.97 Å². The molecule has 0 aromatic carbocycles. The third-order valence-electron chi connectivity index (χ3n) is 4.09. The minimum absolute atomic E-state index is 0.0119. The first-order chi connectivity index (χ1) is 12.3. The number of amides is 1. The van der Waals surface area contributed by atoms with Crippen molar-refractivity contribution >= 4 is 21.9 Å². The van der Waals surface area contributed by atoms with Crippen molar-refractivity contribution in [1.29, 1.82) is 0 Å². The Morgan fingerprint density at radius 1 is 1.46 bits per heavy atom. The molecule has 0 radical (unpaired) electrons. The zero-order valence-electron chi connectivity index (χ0n) is 15.2. The highest BCUT2D eigenvalue weighted by molar-refractivity contribution is 7.89. The molecule has 0 bridgehead atoms. The maximum atomic E-state index is 12.6. The highest BCUT2D eigenvalue weighted by atomic mass is 32.2. The normalized spacial score (nSPS) is 17.5. The highest BCUT2D eigenvalue weighted by Gasteiger charge is 2.27. The summed E-state index contributed by atoms with van der Waals surface area (Å²) in [6, 6.07) is 1.24. The number of aromatic nitrogens is 1. The van der Waals surface area contributed by atoms with Crippen molar-refractivity contribution in [3.05, 3.63) is 18.0 Å². The van der Waals surface area contributed by atoms with Crippen molar-refractivity contribution in [2.75, 3.05) is 33.4 Å². The van der Waals surface area contributed by atoms with Gasteiger partial charge in [-0.1, -0.05) is 0 Å². The van der Waals surface area contributed by atoms with E-state index in [0.29, 0.717) is 13.2 Å². The van der Waals surface area contributed by atoms with Crippen molar-refractivity contribution in [3.63, 3.8) is 0 Å². The molecule has 2 rings (SSSR count). The minimum Gasteiger partial charge on any atom is -0.461 e. The molecule has 1 fully saturated rings. The van der Waals surface area contributed by atoms with Crippen LogP contribution in [0.3, 0.4) is 0 Å². The number of carbonyl (C=O) groups excluding carboxylic acids is 2. The Morgan fingerprint density at radius 3 is 2.81 bits per heavy atom. The summed E-state index contributed by atoms with van der Waals surface area (Å²) in [4.78, 5) is 23.8. The van der Waals surface area contributed by atoms with Gasteiger partial charge in [0, 0.05) is 33.4 Å². The second-order valence-corrected chi connectivity index (χ2v) is 8.14. The third-order valence-corrected chi connectivity index (χ3v) is 5.86. The van der Waals surface area contributed by atoms with Crippen molar-refractivity contribution in [2.45, 2.75) is 30.8 Å². The summed E-state index contributed by atoms with van der Waals surface area (Å²) in [7, 11) is -1.04. The summed E-state index contributed by atoms with van der Waals surface area (Å²) in [6.45, 7) is 2.59. The van der Waals surface area contributed by atoms with Gasteiger partial charge in [-0.25, -0.2) is 13.2 Å². The van der Waals surface area contributed by atoms with Crippen LogP contribution < -0.4 is 5.32 Å². The molecule has 1 unspecified atom stereocenters. The zero-order chi connectivity index (χ0) is 19.3. The molecule has 1 N–H and O–H groups in total. The first-order valence-electron chi connectivity index (χ1n) is 8.43. The lowest BCUT2D eigenvalue weighted by Gasteiger charge is -2.17. The molecular formula is C16H25N3O6S. The lowest BCUT2D eigenvalue weighted by Crippen LogP contribution is -2.40. The summed E-state index contributed by atoms with van der Waals surface area (Å²) >= 11 is 0. The SMILES string of the molecule is CCOC(=O)c1cc(S(=O)(=O)N(C)CC(=O)NCC2CCCO2)cn1C. The Morgan fingerprint density at radius 2 is 2.19 bits per heavy atom. The number of likely N-dealkylation sites (N-methyl/N-ethyl adjacent to an activating group) is 1. The summed E-state index contributed by atoms with van der Waals surface area (Å²) in [5, 5.41) is 2.68. The molecule has 0 spiro atoms. The Hall–Kier alpha value is -1.91. The maximum Gasteiger partial charge on any atom is 0.354 e. The van der Waals surface area contributed by atoms with Crippen molar-refractivity contribution in [1.82, 2.24) is 14.2 Å².